The van der Waals surface area contributed by atoms with Gasteiger partial charge in [-0.15, -0.1) is 0 Å². The topological polar surface area (TPSA) is 110 Å². The lowest BCUT2D eigenvalue weighted by atomic mass is 10.7. The van der Waals surface area contributed by atoms with Crippen molar-refractivity contribution in [3.8, 4) is 0 Å². The lowest BCUT2D eigenvalue weighted by Gasteiger charge is -1.87. The van der Waals surface area contributed by atoms with Gasteiger partial charge in [0.1, 0.15) is 5.82 Å². The van der Waals surface area contributed by atoms with Crippen molar-refractivity contribution in [2.45, 2.75) is 0 Å². The summed E-state index contributed by atoms with van der Waals surface area (Å²) in [5.41, 5.74) is 5.34. The van der Waals surface area contributed by atoms with E-state index in [1.807, 2.05) is 0 Å². The first kappa shape index (κ1) is 10.1. The summed E-state index contributed by atoms with van der Waals surface area (Å²) < 4.78 is 19.2. The van der Waals surface area contributed by atoms with Gasteiger partial charge in [0.05, 0.1) is 6.20 Å². The van der Waals surface area contributed by atoms with Gasteiger partial charge in [-0.05, 0) is 6.07 Å². The van der Waals surface area contributed by atoms with E-state index in [1.165, 1.54) is 0 Å². The molecule has 1 unspecified atom stereocenters. The molecular weight excluding hydrogens is 168 g/mol. The van der Waals surface area contributed by atoms with Gasteiger partial charge in [0.15, 0.2) is 0 Å². The van der Waals surface area contributed by atoms with E-state index in [9.17, 15) is 0 Å². The van der Waals surface area contributed by atoms with Crippen LogP contribution in [0, 0.1) is 0 Å². The van der Waals surface area contributed by atoms with Gasteiger partial charge >= 0.3 is 0 Å². The molecule has 0 aliphatic rings. The summed E-state index contributed by atoms with van der Waals surface area (Å²) in [6.07, 6.45) is 1.66. The third-order valence-electron chi connectivity index (χ3n) is 0.859. The van der Waals surface area contributed by atoms with Crippen LogP contribution in [0.5, 0.6) is 0 Å². The minimum absolute atomic E-state index is 0.694. The van der Waals surface area contributed by atoms with E-state index in [0.717, 1.165) is 0 Å². The highest BCUT2D eigenvalue weighted by atomic mass is 32.2. The first-order valence-corrected chi connectivity index (χ1v) is 3.75. The Kier molecular flexibility index (Phi) is 4.42. The number of hydrogen-bond donors (Lipinski definition) is 2. The van der Waals surface area contributed by atoms with Crippen molar-refractivity contribution in [1.82, 2.24) is 9.78 Å². The number of hydrogen-bond acceptors (Lipinski definition) is 4. The molecule has 0 saturated carbocycles. The summed E-state index contributed by atoms with van der Waals surface area (Å²) in [5, 5.41) is 7.84. The van der Waals surface area contributed by atoms with Crippen LogP contribution in [0.1, 0.15) is 0 Å². The van der Waals surface area contributed by atoms with Crippen LogP contribution >= 0.6 is 0 Å². The Morgan fingerprint density at radius 3 is 2.36 bits per heavy atom. The molecule has 0 fully saturated rings. The molecule has 1 rings (SSSR count). The lowest BCUT2D eigenvalue weighted by Crippen LogP contribution is -1.97. The molecular formula is C4H9N4O2S-. The van der Waals surface area contributed by atoms with Gasteiger partial charge in [-0.3, -0.25) is 14.0 Å². The van der Waals surface area contributed by atoms with Gasteiger partial charge in [-0.1, -0.05) is 0 Å². The van der Waals surface area contributed by atoms with Crippen LogP contribution < -0.4 is 10.9 Å². The zero-order chi connectivity index (χ0) is 8.85. The standard InChI is InChI=1S/C4H7N3.H3NO2S/c1-7-4(5)2-3-6-7;1-4(2)3/h2-3H,5H2,1H3;1H2,(H,2,3)/p-1. The third kappa shape index (κ3) is 5.52. The highest BCUT2D eigenvalue weighted by Gasteiger charge is 1.84. The van der Waals surface area contributed by atoms with Crippen LogP contribution in [0.3, 0.4) is 0 Å². The minimum atomic E-state index is -2.36. The second-order valence-corrected chi connectivity index (χ2v) is 2.16. The van der Waals surface area contributed by atoms with E-state index >= 15 is 0 Å². The first-order valence-electron chi connectivity index (χ1n) is 2.61. The minimum Gasteiger partial charge on any atom is -0.760 e. The molecule has 0 radical (unpaired) electrons. The fraction of sp³-hybridized carbons (Fsp3) is 0.250. The van der Waals surface area contributed by atoms with Crippen LogP contribution in [0.2, 0.25) is 0 Å². The summed E-state index contributed by atoms with van der Waals surface area (Å²) in [6.45, 7) is 0. The van der Waals surface area contributed by atoms with E-state index in [4.69, 9.17) is 14.5 Å². The van der Waals surface area contributed by atoms with Crippen LogP contribution in [0.4, 0.5) is 5.82 Å². The number of anilines is 1. The van der Waals surface area contributed by atoms with E-state index in [1.54, 1.807) is 24.0 Å². The van der Waals surface area contributed by atoms with Gasteiger partial charge in [0, 0.05) is 18.3 Å². The number of nitrogen functional groups attached to an aromatic ring is 1. The second kappa shape index (κ2) is 4.83. The average molecular weight is 177 g/mol. The Morgan fingerprint density at radius 2 is 2.27 bits per heavy atom. The van der Waals surface area contributed by atoms with Crippen LogP contribution in [-0.2, 0) is 18.3 Å². The molecule has 7 heteroatoms. The van der Waals surface area contributed by atoms with Gasteiger partial charge in [-0.2, -0.15) is 5.10 Å². The van der Waals surface area contributed by atoms with E-state index in [2.05, 4.69) is 10.2 Å². The van der Waals surface area contributed by atoms with Crippen molar-refractivity contribution in [1.29, 1.82) is 0 Å². The largest absolute Gasteiger partial charge is 0.760 e. The zero-order valence-corrected chi connectivity index (χ0v) is 6.75. The summed E-state index contributed by atoms with van der Waals surface area (Å²) in [4.78, 5) is 0. The van der Waals surface area contributed by atoms with Gasteiger partial charge in [0.25, 0.3) is 0 Å². The van der Waals surface area contributed by atoms with Crippen LogP contribution in [0.15, 0.2) is 12.3 Å². The molecule has 1 aromatic heterocycles. The average Bonchev–Trinajstić information content (AvgIpc) is 2.15. The fourth-order valence-electron chi connectivity index (χ4n) is 0.384. The Labute approximate surface area is 66.6 Å². The van der Waals surface area contributed by atoms with E-state index in [0.29, 0.717) is 5.82 Å². The van der Waals surface area contributed by atoms with Crippen molar-refractivity contribution in [3.63, 3.8) is 0 Å². The molecule has 0 aliphatic heterocycles. The molecule has 4 N–H and O–H groups in total. The number of nitrogens with two attached hydrogens (primary N) is 2. The SMILES string of the molecule is Cn1nccc1N.NS(=O)[O-]. The fourth-order valence-corrected chi connectivity index (χ4v) is 0.384. The highest BCUT2D eigenvalue weighted by molar-refractivity contribution is 7.76. The number of nitrogens with zero attached hydrogens (tertiary/aromatic N) is 2. The Morgan fingerprint density at radius 1 is 1.82 bits per heavy atom. The molecule has 64 valence electrons. The maximum absolute atomic E-state index is 8.78. The maximum Gasteiger partial charge on any atom is 0.121 e. The van der Waals surface area contributed by atoms with E-state index in [-0.39, 0.29) is 0 Å². The molecule has 11 heavy (non-hydrogen) atoms. The van der Waals surface area contributed by atoms with Gasteiger partial charge in [-0.25, -0.2) is 0 Å². The Balaban J connectivity index is 0.000000218. The summed E-state index contributed by atoms with van der Waals surface area (Å²) in [6, 6.07) is 1.75. The van der Waals surface area contributed by atoms with Crippen molar-refractivity contribution < 1.29 is 8.76 Å². The third-order valence-corrected chi connectivity index (χ3v) is 0.859. The Hall–Kier alpha value is -0.920. The smallest absolute Gasteiger partial charge is 0.121 e. The second-order valence-electron chi connectivity index (χ2n) is 1.64. The molecule has 0 amide bonds. The first-order chi connectivity index (χ1) is 5.04. The molecule has 0 spiro atoms. The van der Waals surface area contributed by atoms with E-state index < -0.39 is 11.3 Å². The van der Waals surface area contributed by atoms with Gasteiger partial charge in [0.2, 0.25) is 0 Å². The number of aromatic nitrogens is 2. The number of rotatable bonds is 0. The highest BCUT2D eigenvalue weighted by Crippen LogP contribution is 1.92. The van der Waals surface area contributed by atoms with Crippen molar-refractivity contribution in [2.75, 3.05) is 5.73 Å². The molecule has 0 aliphatic carbocycles. The van der Waals surface area contributed by atoms with Crippen molar-refractivity contribution in [2.24, 2.45) is 12.2 Å². The Bertz CT molecular complexity index is 215. The summed E-state index contributed by atoms with van der Waals surface area (Å²) in [7, 11) is 1.80. The number of aryl methyl sites for hydroxylation is 1. The molecule has 0 bridgehead atoms. The normalized spacial score (nSPS) is 11.5. The quantitative estimate of drug-likeness (QED) is 0.482. The predicted octanol–water partition coefficient (Wildman–Crippen LogP) is -1.26. The van der Waals surface area contributed by atoms with Crippen molar-refractivity contribution in [3.05, 3.63) is 12.3 Å². The molecule has 6 nitrogen and oxygen atoms in total. The summed E-state index contributed by atoms with van der Waals surface area (Å²) >= 11 is -2.36. The monoisotopic (exact) mass is 177 g/mol. The molecule has 1 aromatic rings. The van der Waals surface area contributed by atoms with Crippen molar-refractivity contribution >= 4 is 17.1 Å². The van der Waals surface area contributed by atoms with Crippen LogP contribution in [0.25, 0.3) is 0 Å². The summed E-state index contributed by atoms with van der Waals surface area (Å²) in [5.74, 6) is 0.694. The molecule has 0 saturated heterocycles. The zero-order valence-electron chi connectivity index (χ0n) is 5.93. The van der Waals surface area contributed by atoms with Gasteiger partial charge < -0.3 is 10.3 Å². The molecule has 1 heterocycles. The maximum atomic E-state index is 8.78. The lowest BCUT2D eigenvalue weighted by molar-refractivity contribution is 0.539. The molecule has 1 atom stereocenters. The predicted molar refractivity (Wildman–Crippen MR) is 40.7 cm³/mol. The molecule has 0 aromatic carbocycles. The van der Waals surface area contributed by atoms with Crippen LogP contribution in [-0.4, -0.2) is 18.5 Å².